The number of carbonyl (C=O) groups is 2. The number of rotatable bonds is 3. The quantitative estimate of drug-likeness (QED) is 0.259. The number of hydrogen-bond donors (Lipinski definition) is 5. The Kier molecular flexibility index (Phi) is 5.46. The highest BCUT2D eigenvalue weighted by Gasteiger charge is 2.03. The van der Waals surface area contributed by atoms with Crippen LogP contribution < -0.4 is 16.8 Å². The third kappa shape index (κ3) is 5.04. The lowest BCUT2D eigenvalue weighted by Gasteiger charge is -1.98. The van der Waals surface area contributed by atoms with Gasteiger partial charge in [0.05, 0.1) is 0 Å². The molecule has 2 heterocycles. The molecule has 6 N–H and O–H groups in total. The highest BCUT2D eigenvalue weighted by Crippen LogP contribution is 1.99. The molecule has 0 bridgehead atoms. The molecular formula is C10H10N6O5. The van der Waals surface area contributed by atoms with Gasteiger partial charge in [-0.25, -0.2) is 25.4 Å². The van der Waals surface area contributed by atoms with E-state index in [0.717, 1.165) is 0 Å². The first kappa shape index (κ1) is 15.7. The summed E-state index contributed by atoms with van der Waals surface area (Å²) in [5.41, 5.74) is 2.32. The molecule has 2 rings (SSSR count). The third-order valence-corrected chi connectivity index (χ3v) is 1.85. The Bertz CT molecular complexity index is 724. The van der Waals surface area contributed by atoms with Crippen molar-refractivity contribution < 1.29 is 19.8 Å². The summed E-state index contributed by atoms with van der Waals surface area (Å²) in [6.45, 7) is 0. The van der Waals surface area contributed by atoms with Gasteiger partial charge >= 0.3 is 11.9 Å². The zero-order valence-corrected chi connectivity index (χ0v) is 10.3. The molecule has 2 aromatic rings. The van der Waals surface area contributed by atoms with E-state index in [1.54, 1.807) is 0 Å². The summed E-state index contributed by atoms with van der Waals surface area (Å²) >= 11 is 0. The number of nitrogens with zero attached hydrogens (tertiary/aromatic N) is 3. The molecule has 0 fully saturated rings. The van der Waals surface area contributed by atoms with Gasteiger partial charge in [0, 0.05) is 24.5 Å². The number of nitrogens with one attached hydrogen (secondary N) is 2. The summed E-state index contributed by atoms with van der Waals surface area (Å²) in [5, 5.41) is 15.6. The lowest BCUT2D eigenvalue weighted by atomic mass is 10.5. The Morgan fingerprint density at radius 3 is 2.29 bits per heavy atom. The highest BCUT2D eigenvalue weighted by atomic mass is 16.4. The maximum Gasteiger partial charge on any atom is 0.328 e. The Morgan fingerprint density at radius 2 is 1.76 bits per heavy atom. The molecule has 0 spiro atoms. The average molecular weight is 294 g/mol. The number of carboxylic acid groups (broad SMARTS) is 2. The second kappa shape index (κ2) is 7.30. The first-order valence-corrected chi connectivity index (χ1v) is 5.25. The molecule has 0 aliphatic heterocycles. The molecule has 21 heavy (non-hydrogen) atoms. The Labute approximate surface area is 116 Å². The van der Waals surface area contributed by atoms with E-state index in [4.69, 9.17) is 16.1 Å². The van der Waals surface area contributed by atoms with Crippen molar-refractivity contribution >= 4 is 29.1 Å². The van der Waals surface area contributed by atoms with Gasteiger partial charge < -0.3 is 10.2 Å². The smallest absolute Gasteiger partial charge is 0.328 e. The van der Waals surface area contributed by atoms with E-state index in [-0.39, 0.29) is 22.7 Å². The molecule has 0 radical (unpaired) electrons. The SMILES string of the molecule is NNc1nc2nccnc2c(=O)[nH]1.O=C(O)/C=C/C(=O)O. The molecule has 11 heteroatoms. The van der Waals surface area contributed by atoms with Crippen LogP contribution in [0.25, 0.3) is 11.2 Å². The van der Waals surface area contributed by atoms with E-state index >= 15 is 0 Å². The number of carboxylic acids is 2. The van der Waals surface area contributed by atoms with Crippen LogP contribution in [-0.4, -0.2) is 42.1 Å². The van der Waals surface area contributed by atoms with E-state index in [9.17, 15) is 14.4 Å². The van der Waals surface area contributed by atoms with E-state index in [1.165, 1.54) is 12.4 Å². The van der Waals surface area contributed by atoms with Crippen molar-refractivity contribution in [2.75, 3.05) is 5.43 Å². The monoisotopic (exact) mass is 294 g/mol. The van der Waals surface area contributed by atoms with Crippen LogP contribution >= 0.6 is 0 Å². The molecule has 0 amide bonds. The first-order chi connectivity index (χ1) is 9.93. The summed E-state index contributed by atoms with van der Waals surface area (Å²) in [5.74, 6) is 2.73. The van der Waals surface area contributed by atoms with Gasteiger partial charge in [0.15, 0.2) is 11.2 Å². The van der Waals surface area contributed by atoms with Crippen LogP contribution in [0.15, 0.2) is 29.3 Å². The zero-order chi connectivity index (χ0) is 15.8. The van der Waals surface area contributed by atoms with Gasteiger partial charge in [0.1, 0.15) is 0 Å². The van der Waals surface area contributed by atoms with Crippen molar-refractivity contribution in [1.29, 1.82) is 0 Å². The molecule has 0 aromatic carbocycles. The molecule has 0 saturated carbocycles. The fourth-order valence-corrected chi connectivity index (χ4v) is 1.08. The van der Waals surface area contributed by atoms with Gasteiger partial charge in [-0.3, -0.25) is 15.2 Å². The van der Waals surface area contributed by atoms with Crippen LogP contribution in [0.2, 0.25) is 0 Å². The van der Waals surface area contributed by atoms with Crippen molar-refractivity contribution in [3.05, 3.63) is 34.9 Å². The predicted octanol–water partition coefficient (Wildman–Crippen LogP) is -1.29. The average Bonchev–Trinajstić information content (AvgIpc) is 2.45. The van der Waals surface area contributed by atoms with Crippen LogP contribution in [0.3, 0.4) is 0 Å². The summed E-state index contributed by atoms with van der Waals surface area (Å²) in [7, 11) is 0. The molecule has 0 unspecified atom stereocenters. The van der Waals surface area contributed by atoms with Crippen molar-refractivity contribution in [3.63, 3.8) is 0 Å². The fourth-order valence-electron chi connectivity index (χ4n) is 1.08. The van der Waals surface area contributed by atoms with Crippen LogP contribution in [-0.2, 0) is 9.59 Å². The Morgan fingerprint density at radius 1 is 1.19 bits per heavy atom. The first-order valence-electron chi connectivity index (χ1n) is 5.25. The molecule has 0 aliphatic carbocycles. The minimum atomic E-state index is -1.26. The number of H-pyrrole nitrogens is 1. The Hall–Kier alpha value is -3.34. The number of anilines is 1. The van der Waals surface area contributed by atoms with Crippen molar-refractivity contribution in [2.45, 2.75) is 0 Å². The molecule has 110 valence electrons. The molecule has 2 aromatic heterocycles. The highest BCUT2D eigenvalue weighted by molar-refractivity contribution is 5.89. The second-order valence-corrected chi connectivity index (χ2v) is 3.30. The zero-order valence-electron chi connectivity index (χ0n) is 10.3. The standard InChI is InChI=1S/C6H6N6O.C4H4O4/c7-12-6-10-4-3(5(13)11-6)8-1-2-9-4;5-3(6)1-2-4(7)8/h1-2H,7H2,(H2,9,10,11,12,13);1-2H,(H,5,6)(H,7,8)/b;2-1+. The van der Waals surface area contributed by atoms with Gasteiger partial charge in [0.2, 0.25) is 5.95 Å². The summed E-state index contributed by atoms with van der Waals surface area (Å²) < 4.78 is 0. The number of hydrogen-bond acceptors (Lipinski definition) is 8. The van der Waals surface area contributed by atoms with E-state index in [0.29, 0.717) is 12.2 Å². The molecule has 0 saturated heterocycles. The van der Waals surface area contributed by atoms with E-state index in [1.807, 2.05) is 0 Å². The van der Waals surface area contributed by atoms with Crippen LogP contribution in [0, 0.1) is 0 Å². The van der Waals surface area contributed by atoms with Gasteiger partial charge in [-0.15, -0.1) is 0 Å². The number of aliphatic carboxylic acids is 2. The summed E-state index contributed by atoms with van der Waals surface area (Å²) in [4.78, 5) is 44.3. The normalized spacial score (nSPS) is 9.95. The van der Waals surface area contributed by atoms with Gasteiger partial charge in [-0.1, -0.05) is 0 Å². The van der Waals surface area contributed by atoms with Crippen LogP contribution in [0.4, 0.5) is 5.95 Å². The lowest BCUT2D eigenvalue weighted by Crippen LogP contribution is -2.17. The van der Waals surface area contributed by atoms with Gasteiger partial charge in [-0.2, -0.15) is 4.98 Å². The van der Waals surface area contributed by atoms with E-state index < -0.39 is 11.9 Å². The predicted molar refractivity (Wildman–Crippen MR) is 70.2 cm³/mol. The van der Waals surface area contributed by atoms with Crippen molar-refractivity contribution in [2.24, 2.45) is 5.84 Å². The maximum atomic E-state index is 11.3. The fraction of sp³-hybridized carbons (Fsp3) is 0. The number of hydrazine groups is 1. The third-order valence-electron chi connectivity index (χ3n) is 1.85. The Balaban J connectivity index is 0.000000240. The second-order valence-electron chi connectivity index (χ2n) is 3.30. The number of nitrogens with two attached hydrogens (primary N) is 1. The summed E-state index contributed by atoms with van der Waals surface area (Å²) in [6.07, 6.45) is 3.99. The number of fused-ring (bicyclic) bond motifs is 1. The number of aromatic nitrogens is 4. The number of nitrogen functional groups attached to an aromatic ring is 1. The van der Waals surface area contributed by atoms with Crippen molar-refractivity contribution in [3.8, 4) is 0 Å². The topological polar surface area (TPSA) is 184 Å². The van der Waals surface area contributed by atoms with Gasteiger partial charge in [-0.05, 0) is 0 Å². The minimum Gasteiger partial charge on any atom is -0.478 e. The molecular weight excluding hydrogens is 284 g/mol. The molecule has 11 nitrogen and oxygen atoms in total. The largest absolute Gasteiger partial charge is 0.478 e. The molecule has 0 atom stereocenters. The van der Waals surface area contributed by atoms with Crippen molar-refractivity contribution in [1.82, 2.24) is 19.9 Å². The summed E-state index contributed by atoms with van der Waals surface area (Å²) in [6, 6.07) is 0. The maximum absolute atomic E-state index is 11.3. The van der Waals surface area contributed by atoms with Crippen LogP contribution in [0.5, 0.6) is 0 Å². The lowest BCUT2D eigenvalue weighted by molar-refractivity contribution is -0.134. The number of aromatic amines is 1. The minimum absolute atomic E-state index is 0.165. The van der Waals surface area contributed by atoms with E-state index in [2.05, 4.69) is 25.4 Å². The van der Waals surface area contributed by atoms with Gasteiger partial charge in [0.25, 0.3) is 5.56 Å². The van der Waals surface area contributed by atoms with Crippen LogP contribution in [0.1, 0.15) is 0 Å². The molecule has 0 aliphatic rings.